The molecule has 0 spiro atoms. The molecule has 0 aliphatic heterocycles. The molecule has 0 radical (unpaired) electrons. The van der Waals surface area contributed by atoms with Gasteiger partial charge in [-0.05, 0) is 30.7 Å². The van der Waals surface area contributed by atoms with E-state index in [1.54, 1.807) is 6.92 Å². The first-order valence-corrected chi connectivity index (χ1v) is 7.09. The van der Waals surface area contributed by atoms with Crippen molar-refractivity contribution in [3.8, 4) is 0 Å². The van der Waals surface area contributed by atoms with Crippen LogP contribution in [0.2, 0.25) is 0 Å². The minimum atomic E-state index is -0.382. The van der Waals surface area contributed by atoms with Crippen LogP contribution < -0.4 is 5.43 Å². The zero-order valence-corrected chi connectivity index (χ0v) is 11.9. The maximum Gasteiger partial charge on any atom is 0.359 e. The van der Waals surface area contributed by atoms with Crippen molar-refractivity contribution in [2.24, 2.45) is 11.0 Å². The molecule has 1 N–H and O–H groups in total. The molecule has 0 aliphatic rings. The first-order chi connectivity index (χ1) is 8.65. The summed E-state index contributed by atoms with van der Waals surface area (Å²) in [6, 6.07) is 1.87. The molecule has 18 heavy (non-hydrogen) atoms. The van der Waals surface area contributed by atoms with Gasteiger partial charge in [-0.3, -0.25) is 0 Å². The maximum atomic E-state index is 11.8. The molecule has 0 saturated heterocycles. The van der Waals surface area contributed by atoms with Crippen LogP contribution in [-0.4, -0.2) is 24.8 Å². The van der Waals surface area contributed by atoms with Gasteiger partial charge in [0, 0.05) is 17.5 Å². The van der Waals surface area contributed by atoms with Gasteiger partial charge in [0.2, 0.25) is 0 Å². The molecule has 5 heteroatoms. The Morgan fingerprint density at radius 1 is 1.56 bits per heavy atom. The van der Waals surface area contributed by atoms with Crippen LogP contribution in [0.4, 0.5) is 0 Å². The highest BCUT2D eigenvalue weighted by Gasteiger charge is 2.15. The summed E-state index contributed by atoms with van der Waals surface area (Å²) in [5, 5.41) is 7.96. The van der Waals surface area contributed by atoms with E-state index in [0.29, 0.717) is 18.2 Å². The zero-order chi connectivity index (χ0) is 13.4. The number of hydrogen-bond donors (Lipinski definition) is 1. The Hall–Kier alpha value is -1.36. The van der Waals surface area contributed by atoms with E-state index < -0.39 is 0 Å². The van der Waals surface area contributed by atoms with E-state index in [4.69, 9.17) is 4.74 Å². The smallest absolute Gasteiger partial charge is 0.359 e. The van der Waals surface area contributed by atoms with Gasteiger partial charge in [0.25, 0.3) is 0 Å². The number of nitrogens with zero attached hydrogens (tertiary/aromatic N) is 1. The molecule has 100 valence electrons. The average molecular weight is 268 g/mol. The van der Waals surface area contributed by atoms with Crippen molar-refractivity contribution in [3.63, 3.8) is 0 Å². The summed E-state index contributed by atoms with van der Waals surface area (Å²) in [5.74, 6) is 0.229. The second kappa shape index (κ2) is 7.87. The minimum absolute atomic E-state index is 0.349. The molecule has 0 aromatic carbocycles. The average Bonchev–Trinajstić information content (AvgIpc) is 2.82. The highest BCUT2D eigenvalue weighted by molar-refractivity contribution is 7.08. The second-order valence-electron chi connectivity index (χ2n) is 4.28. The van der Waals surface area contributed by atoms with Crippen LogP contribution in [0.15, 0.2) is 21.9 Å². The Kier molecular flexibility index (Phi) is 6.43. The van der Waals surface area contributed by atoms with E-state index >= 15 is 0 Å². The van der Waals surface area contributed by atoms with Gasteiger partial charge in [-0.15, -0.1) is 0 Å². The predicted octanol–water partition coefficient (Wildman–Crippen LogP) is 2.65. The van der Waals surface area contributed by atoms with Gasteiger partial charge in [-0.2, -0.15) is 16.4 Å². The second-order valence-corrected chi connectivity index (χ2v) is 5.06. The fraction of sp³-hybridized carbons (Fsp3) is 0.538. The first-order valence-electron chi connectivity index (χ1n) is 6.15. The van der Waals surface area contributed by atoms with Crippen molar-refractivity contribution in [3.05, 3.63) is 22.4 Å². The van der Waals surface area contributed by atoms with Crippen LogP contribution in [-0.2, 0) is 9.53 Å². The van der Waals surface area contributed by atoms with Gasteiger partial charge in [-0.1, -0.05) is 13.8 Å². The van der Waals surface area contributed by atoms with Crippen molar-refractivity contribution >= 4 is 23.0 Å². The highest BCUT2D eigenvalue weighted by Crippen LogP contribution is 2.08. The molecule has 4 nitrogen and oxygen atoms in total. The van der Waals surface area contributed by atoms with Gasteiger partial charge in [-0.25, -0.2) is 4.79 Å². The molecule has 1 rings (SSSR count). The number of hydrazone groups is 1. The molecule has 0 aliphatic carbocycles. The van der Waals surface area contributed by atoms with Crippen molar-refractivity contribution in [2.75, 3.05) is 13.2 Å². The number of thiophene rings is 1. The summed E-state index contributed by atoms with van der Waals surface area (Å²) >= 11 is 1.53. The maximum absolute atomic E-state index is 11.8. The molecule has 0 fully saturated rings. The standard InChI is InChI=1S/C13H20N2O2S/c1-4-17-13(16)12(11-6-8-18-9-11)15-14-7-5-10(2)3/h6,8-10,14H,4-5,7H2,1-3H3. The fourth-order valence-electron chi connectivity index (χ4n) is 1.31. The van der Waals surface area contributed by atoms with E-state index in [1.807, 2.05) is 16.8 Å². The van der Waals surface area contributed by atoms with E-state index in [2.05, 4.69) is 24.4 Å². The molecule has 1 aromatic rings. The number of nitrogens with one attached hydrogen (secondary N) is 1. The van der Waals surface area contributed by atoms with Gasteiger partial charge in [0.1, 0.15) is 0 Å². The Bertz CT molecular complexity index is 386. The molecule has 1 heterocycles. The van der Waals surface area contributed by atoms with Crippen molar-refractivity contribution < 1.29 is 9.53 Å². The van der Waals surface area contributed by atoms with Crippen LogP contribution in [0.1, 0.15) is 32.8 Å². The molecule has 0 saturated carbocycles. The Morgan fingerprint density at radius 3 is 2.89 bits per heavy atom. The van der Waals surface area contributed by atoms with E-state index in [-0.39, 0.29) is 5.97 Å². The summed E-state index contributed by atoms with van der Waals surface area (Å²) in [4.78, 5) is 11.8. The number of esters is 1. The third kappa shape index (κ3) is 4.87. The monoisotopic (exact) mass is 268 g/mol. The van der Waals surface area contributed by atoms with Gasteiger partial charge in [0.05, 0.1) is 6.61 Å². The normalized spacial score (nSPS) is 11.7. The van der Waals surface area contributed by atoms with Gasteiger partial charge >= 0.3 is 5.97 Å². The fourth-order valence-corrected chi connectivity index (χ4v) is 1.96. The van der Waals surface area contributed by atoms with Crippen molar-refractivity contribution in [1.29, 1.82) is 0 Å². The minimum Gasteiger partial charge on any atom is -0.461 e. The SMILES string of the molecule is CCOC(=O)C(=NNCCC(C)C)c1ccsc1. The van der Waals surface area contributed by atoms with Crippen molar-refractivity contribution in [1.82, 2.24) is 5.43 Å². The molecule has 0 amide bonds. The number of carbonyl (C=O) groups excluding carboxylic acids is 1. The lowest BCUT2D eigenvalue weighted by Crippen LogP contribution is -2.22. The number of rotatable bonds is 7. The first kappa shape index (κ1) is 14.7. The topological polar surface area (TPSA) is 50.7 Å². The summed E-state index contributed by atoms with van der Waals surface area (Å²) in [7, 11) is 0. The van der Waals surface area contributed by atoms with E-state index in [0.717, 1.165) is 18.5 Å². The third-order valence-electron chi connectivity index (χ3n) is 2.29. The quantitative estimate of drug-likeness (QED) is 0.358. The van der Waals surface area contributed by atoms with Gasteiger partial charge in [0.15, 0.2) is 5.71 Å². The third-order valence-corrected chi connectivity index (χ3v) is 2.97. The van der Waals surface area contributed by atoms with Crippen LogP contribution in [0.25, 0.3) is 0 Å². The molecular formula is C13H20N2O2S. The zero-order valence-electron chi connectivity index (χ0n) is 11.1. The van der Waals surface area contributed by atoms with Gasteiger partial charge < -0.3 is 10.2 Å². The van der Waals surface area contributed by atoms with Crippen LogP contribution in [0.5, 0.6) is 0 Å². The lowest BCUT2D eigenvalue weighted by atomic mass is 10.1. The lowest BCUT2D eigenvalue weighted by Gasteiger charge is -2.07. The van der Waals surface area contributed by atoms with Crippen LogP contribution >= 0.6 is 11.3 Å². The predicted molar refractivity (Wildman–Crippen MR) is 74.9 cm³/mol. The molecule has 1 aromatic heterocycles. The Labute approximate surface area is 112 Å². The number of hydrogen-bond acceptors (Lipinski definition) is 5. The largest absolute Gasteiger partial charge is 0.461 e. The summed E-state index contributed by atoms with van der Waals surface area (Å²) in [5.41, 5.74) is 4.09. The Morgan fingerprint density at radius 2 is 2.33 bits per heavy atom. The number of carbonyl (C=O) groups is 1. The molecule has 0 unspecified atom stereocenters. The van der Waals surface area contributed by atoms with E-state index in [9.17, 15) is 4.79 Å². The molecular weight excluding hydrogens is 248 g/mol. The molecule has 0 bridgehead atoms. The summed E-state index contributed by atoms with van der Waals surface area (Å²) < 4.78 is 5.00. The van der Waals surface area contributed by atoms with Crippen molar-refractivity contribution in [2.45, 2.75) is 27.2 Å². The van der Waals surface area contributed by atoms with E-state index in [1.165, 1.54) is 11.3 Å². The number of ether oxygens (including phenoxy) is 1. The summed E-state index contributed by atoms with van der Waals surface area (Å²) in [6.07, 6.45) is 1.02. The lowest BCUT2D eigenvalue weighted by molar-refractivity contribution is -0.134. The van der Waals surface area contributed by atoms with Crippen LogP contribution in [0.3, 0.4) is 0 Å². The van der Waals surface area contributed by atoms with Crippen LogP contribution in [0, 0.1) is 5.92 Å². The summed E-state index contributed by atoms with van der Waals surface area (Å²) in [6.45, 7) is 7.20. The highest BCUT2D eigenvalue weighted by atomic mass is 32.1. The Balaban J connectivity index is 2.66. The molecule has 0 atom stereocenters.